The van der Waals surface area contributed by atoms with E-state index in [9.17, 15) is 15.2 Å². The van der Waals surface area contributed by atoms with E-state index in [0.29, 0.717) is 36.0 Å². The molecule has 2 rings (SSSR count). The molecule has 28 heavy (non-hydrogen) atoms. The molecule has 0 saturated heterocycles. The smallest absolute Gasteiger partial charge is 0.266 e. The number of anilines is 1. The molecule has 6 nitrogen and oxygen atoms in total. The van der Waals surface area contributed by atoms with Crippen molar-refractivity contribution in [3.8, 4) is 23.3 Å². The summed E-state index contributed by atoms with van der Waals surface area (Å²) in [6, 6.07) is 13.2. The first-order valence-corrected chi connectivity index (χ1v) is 9.19. The number of aromatic hydroxyl groups is 1. The van der Waals surface area contributed by atoms with Crippen LogP contribution >= 0.6 is 0 Å². The summed E-state index contributed by atoms with van der Waals surface area (Å²) in [7, 11) is 0. The van der Waals surface area contributed by atoms with Crippen LogP contribution in [0.2, 0.25) is 0 Å². The number of hydrogen-bond acceptors (Lipinski definition) is 5. The minimum atomic E-state index is -0.533. The molecule has 0 unspecified atom stereocenters. The van der Waals surface area contributed by atoms with Gasteiger partial charge in [0, 0.05) is 5.69 Å². The number of nitrogens with zero attached hydrogens (tertiary/aromatic N) is 1. The molecule has 0 saturated carbocycles. The van der Waals surface area contributed by atoms with E-state index in [1.807, 2.05) is 13.0 Å². The molecular weight excluding hydrogens is 356 g/mol. The summed E-state index contributed by atoms with van der Waals surface area (Å²) in [6.45, 7) is 5.05. The van der Waals surface area contributed by atoms with Crippen molar-refractivity contribution < 1.29 is 19.4 Å². The van der Waals surface area contributed by atoms with Crippen molar-refractivity contribution in [2.45, 2.75) is 26.7 Å². The number of ether oxygens (including phenoxy) is 2. The Kier molecular flexibility index (Phi) is 7.92. The average Bonchev–Trinajstić information content (AvgIpc) is 2.69. The first-order chi connectivity index (χ1) is 13.6. The molecule has 6 heteroatoms. The van der Waals surface area contributed by atoms with E-state index >= 15 is 0 Å². The van der Waals surface area contributed by atoms with Crippen molar-refractivity contribution in [3.63, 3.8) is 0 Å². The number of amides is 1. The lowest BCUT2D eigenvalue weighted by molar-refractivity contribution is -0.112. The van der Waals surface area contributed by atoms with Gasteiger partial charge in [-0.15, -0.1) is 0 Å². The number of nitriles is 1. The second-order valence-electron chi connectivity index (χ2n) is 6.01. The van der Waals surface area contributed by atoms with Gasteiger partial charge in [-0.2, -0.15) is 5.26 Å². The Balaban J connectivity index is 2.19. The largest absolute Gasteiger partial charge is 0.508 e. The highest BCUT2D eigenvalue weighted by molar-refractivity contribution is 6.09. The highest BCUT2D eigenvalue weighted by atomic mass is 16.5. The molecule has 2 aromatic rings. The number of unbranched alkanes of at least 4 members (excludes halogenated alkanes) is 1. The third-order valence-corrected chi connectivity index (χ3v) is 3.82. The van der Waals surface area contributed by atoms with Crippen molar-refractivity contribution >= 4 is 17.7 Å². The van der Waals surface area contributed by atoms with Gasteiger partial charge in [-0.1, -0.05) is 19.4 Å². The number of hydrogen-bond donors (Lipinski definition) is 2. The maximum Gasteiger partial charge on any atom is 0.266 e. The van der Waals surface area contributed by atoms with Crippen LogP contribution in [-0.2, 0) is 4.79 Å². The highest BCUT2D eigenvalue weighted by Crippen LogP contribution is 2.29. The Morgan fingerprint density at radius 2 is 1.89 bits per heavy atom. The normalized spacial score (nSPS) is 10.8. The fraction of sp³-hybridized carbons (Fsp3) is 0.273. The standard InChI is InChI=1S/C22H24N2O4/c1-3-5-12-28-20-11-6-16(14-21(20)27-4-2)13-17(15-23)22(26)24-18-7-9-19(25)10-8-18/h6-11,13-14,25H,3-5,12H2,1-2H3,(H,24,26). The van der Waals surface area contributed by atoms with Crippen LogP contribution in [0.4, 0.5) is 5.69 Å². The number of phenolic OH excluding ortho intramolecular Hbond substituents is 1. The zero-order valence-electron chi connectivity index (χ0n) is 16.1. The van der Waals surface area contributed by atoms with Gasteiger partial charge in [-0.25, -0.2) is 0 Å². The Hall–Kier alpha value is -3.46. The van der Waals surface area contributed by atoms with Crippen molar-refractivity contribution in [2.75, 3.05) is 18.5 Å². The van der Waals surface area contributed by atoms with Gasteiger partial charge in [0.2, 0.25) is 0 Å². The number of carbonyl (C=O) groups excluding carboxylic acids is 1. The highest BCUT2D eigenvalue weighted by Gasteiger charge is 2.11. The van der Waals surface area contributed by atoms with Crippen molar-refractivity contribution in [1.82, 2.24) is 0 Å². The third-order valence-electron chi connectivity index (χ3n) is 3.82. The molecule has 2 N–H and O–H groups in total. The first kappa shape index (κ1) is 20.8. The van der Waals surface area contributed by atoms with Gasteiger partial charge in [0.1, 0.15) is 17.4 Å². The van der Waals surface area contributed by atoms with Crippen LogP contribution in [-0.4, -0.2) is 24.2 Å². The Morgan fingerprint density at radius 3 is 2.54 bits per heavy atom. The number of phenols is 1. The molecule has 1 amide bonds. The summed E-state index contributed by atoms with van der Waals surface area (Å²) < 4.78 is 11.4. The molecule has 0 aliphatic rings. The maximum atomic E-state index is 12.4. The third kappa shape index (κ3) is 6.06. The van der Waals surface area contributed by atoms with Crippen LogP contribution in [0, 0.1) is 11.3 Å². The van der Waals surface area contributed by atoms with E-state index < -0.39 is 5.91 Å². The minimum Gasteiger partial charge on any atom is -0.508 e. The number of nitrogens with one attached hydrogen (secondary N) is 1. The van der Waals surface area contributed by atoms with Gasteiger partial charge >= 0.3 is 0 Å². The number of benzene rings is 2. The van der Waals surface area contributed by atoms with Gasteiger partial charge in [0.25, 0.3) is 5.91 Å². The lowest BCUT2D eigenvalue weighted by Crippen LogP contribution is -2.13. The van der Waals surface area contributed by atoms with Crippen molar-refractivity contribution in [1.29, 1.82) is 5.26 Å². The van der Waals surface area contributed by atoms with Crippen LogP contribution in [0.1, 0.15) is 32.3 Å². The number of carbonyl (C=O) groups is 1. The lowest BCUT2D eigenvalue weighted by atomic mass is 10.1. The summed E-state index contributed by atoms with van der Waals surface area (Å²) in [5.74, 6) is 0.774. The Labute approximate surface area is 165 Å². The number of rotatable bonds is 9. The molecule has 0 fully saturated rings. The fourth-order valence-electron chi connectivity index (χ4n) is 2.39. The Bertz CT molecular complexity index is 867. The van der Waals surface area contributed by atoms with Crippen LogP contribution < -0.4 is 14.8 Å². The zero-order chi connectivity index (χ0) is 20.4. The van der Waals surface area contributed by atoms with Crippen LogP contribution in [0.25, 0.3) is 6.08 Å². The van der Waals surface area contributed by atoms with E-state index in [1.165, 1.54) is 18.2 Å². The summed E-state index contributed by atoms with van der Waals surface area (Å²) >= 11 is 0. The average molecular weight is 380 g/mol. The predicted octanol–water partition coefficient (Wildman–Crippen LogP) is 4.52. The van der Waals surface area contributed by atoms with Crippen LogP contribution in [0.15, 0.2) is 48.0 Å². The van der Waals surface area contributed by atoms with Gasteiger partial charge < -0.3 is 19.9 Å². The second-order valence-corrected chi connectivity index (χ2v) is 6.01. The minimum absolute atomic E-state index is 0.0461. The molecule has 0 atom stereocenters. The predicted molar refractivity (Wildman–Crippen MR) is 108 cm³/mol. The quantitative estimate of drug-likeness (QED) is 0.289. The van der Waals surface area contributed by atoms with E-state index in [4.69, 9.17) is 9.47 Å². The first-order valence-electron chi connectivity index (χ1n) is 9.19. The lowest BCUT2D eigenvalue weighted by Gasteiger charge is -2.12. The van der Waals surface area contributed by atoms with Gasteiger partial charge in [0.05, 0.1) is 13.2 Å². The maximum absolute atomic E-state index is 12.4. The van der Waals surface area contributed by atoms with Crippen molar-refractivity contribution in [3.05, 3.63) is 53.6 Å². The molecule has 146 valence electrons. The molecule has 0 bridgehead atoms. The van der Waals surface area contributed by atoms with Crippen LogP contribution in [0.3, 0.4) is 0 Å². The Morgan fingerprint density at radius 1 is 1.14 bits per heavy atom. The van der Waals surface area contributed by atoms with E-state index in [2.05, 4.69) is 12.2 Å². The van der Waals surface area contributed by atoms with Gasteiger partial charge in [-0.05, 0) is 61.4 Å². The molecule has 0 aliphatic heterocycles. The SMILES string of the molecule is CCCCOc1ccc(C=C(C#N)C(=O)Nc2ccc(O)cc2)cc1OCC. The fourth-order valence-corrected chi connectivity index (χ4v) is 2.39. The molecule has 0 aromatic heterocycles. The summed E-state index contributed by atoms with van der Waals surface area (Å²) in [6.07, 6.45) is 3.48. The summed E-state index contributed by atoms with van der Waals surface area (Å²) in [4.78, 5) is 12.4. The molecular formula is C22H24N2O4. The second kappa shape index (κ2) is 10.6. The van der Waals surface area contributed by atoms with Gasteiger partial charge in [-0.3, -0.25) is 4.79 Å². The molecule has 0 radical (unpaired) electrons. The van der Waals surface area contributed by atoms with Gasteiger partial charge in [0.15, 0.2) is 11.5 Å². The monoisotopic (exact) mass is 380 g/mol. The van der Waals surface area contributed by atoms with E-state index in [1.54, 1.807) is 30.3 Å². The molecule has 0 aliphatic carbocycles. The van der Waals surface area contributed by atoms with E-state index in [0.717, 1.165) is 12.8 Å². The molecule has 2 aromatic carbocycles. The topological polar surface area (TPSA) is 91.6 Å². The summed E-state index contributed by atoms with van der Waals surface area (Å²) in [5, 5.41) is 21.3. The van der Waals surface area contributed by atoms with Crippen LogP contribution in [0.5, 0.6) is 17.2 Å². The van der Waals surface area contributed by atoms with Crippen molar-refractivity contribution in [2.24, 2.45) is 0 Å². The molecule has 0 spiro atoms. The molecule has 0 heterocycles. The summed E-state index contributed by atoms with van der Waals surface area (Å²) in [5.41, 5.74) is 1.09. The van der Waals surface area contributed by atoms with E-state index in [-0.39, 0.29) is 11.3 Å². The zero-order valence-corrected chi connectivity index (χ0v) is 16.1.